The van der Waals surface area contributed by atoms with Gasteiger partial charge >= 0.3 is 5.97 Å². The van der Waals surface area contributed by atoms with Gasteiger partial charge in [-0.1, -0.05) is 56.9 Å². The van der Waals surface area contributed by atoms with Gasteiger partial charge in [0.25, 0.3) is 0 Å². The maximum Gasteiger partial charge on any atom is 0.311 e. The van der Waals surface area contributed by atoms with Crippen molar-refractivity contribution in [2.75, 3.05) is 20.3 Å². The Hall–Kier alpha value is -1.21. The Morgan fingerprint density at radius 2 is 1.87 bits per heavy atom. The third-order valence-electron chi connectivity index (χ3n) is 5.60. The lowest BCUT2D eigenvalue weighted by atomic mass is 9.91. The lowest BCUT2D eigenvalue weighted by molar-refractivity contribution is -0.165. The summed E-state index contributed by atoms with van der Waals surface area (Å²) in [5.41, 5.74) is 0.683. The number of hydrogen-bond donors (Lipinski definition) is 0. The van der Waals surface area contributed by atoms with Crippen LogP contribution < -0.4 is 0 Å². The van der Waals surface area contributed by atoms with Crippen molar-refractivity contribution in [3.8, 4) is 0 Å². The Labute approximate surface area is 184 Å². The van der Waals surface area contributed by atoms with Gasteiger partial charge in [-0.15, -0.1) is 0 Å². The number of carbonyl (C=O) groups is 1. The maximum absolute atomic E-state index is 13.4. The van der Waals surface area contributed by atoms with Crippen LogP contribution in [0.25, 0.3) is 0 Å². The summed E-state index contributed by atoms with van der Waals surface area (Å²) in [4.78, 5) is 13.4. The molecule has 0 radical (unpaired) electrons. The number of hydrazine groups is 1. The molecule has 1 fully saturated rings. The minimum Gasteiger partial charge on any atom is -0.460 e. The van der Waals surface area contributed by atoms with Crippen LogP contribution in [0.3, 0.4) is 0 Å². The SMILES string of the molecule is CC[C@H](C(=O)OC(C)(C)C)[C@H](c1ccccc1)N(N1CCC[C@H]1COC)[Si](C)(C)C. The number of benzene rings is 1. The van der Waals surface area contributed by atoms with E-state index in [9.17, 15) is 4.79 Å². The second-order valence-electron chi connectivity index (χ2n) is 10.3. The molecule has 0 aliphatic carbocycles. The summed E-state index contributed by atoms with van der Waals surface area (Å²) >= 11 is 0. The molecule has 0 unspecified atom stereocenters. The van der Waals surface area contributed by atoms with Gasteiger partial charge in [0.05, 0.1) is 18.6 Å². The second-order valence-corrected chi connectivity index (χ2v) is 15.1. The molecule has 5 nitrogen and oxygen atoms in total. The van der Waals surface area contributed by atoms with Gasteiger partial charge in [-0.2, -0.15) is 0 Å². The monoisotopic (exact) mass is 434 g/mol. The minimum atomic E-state index is -1.86. The molecule has 1 aromatic carbocycles. The predicted molar refractivity (Wildman–Crippen MR) is 126 cm³/mol. The van der Waals surface area contributed by atoms with Crippen molar-refractivity contribution in [3.05, 3.63) is 35.9 Å². The molecule has 30 heavy (non-hydrogen) atoms. The molecule has 170 valence electrons. The van der Waals surface area contributed by atoms with Crippen LogP contribution in [0.5, 0.6) is 0 Å². The van der Waals surface area contributed by atoms with Crippen molar-refractivity contribution in [3.63, 3.8) is 0 Å². The normalized spacial score (nSPS) is 20.4. The van der Waals surface area contributed by atoms with Crippen molar-refractivity contribution in [2.45, 2.75) is 84.3 Å². The summed E-state index contributed by atoms with van der Waals surface area (Å²) in [5, 5.41) is 2.51. The molecule has 0 N–H and O–H groups in total. The Kier molecular flexibility index (Phi) is 8.68. The van der Waals surface area contributed by atoms with Gasteiger partial charge in [0, 0.05) is 19.7 Å². The Balaban J connectivity index is 2.55. The zero-order valence-corrected chi connectivity index (χ0v) is 21.3. The van der Waals surface area contributed by atoms with Crippen LogP contribution in [0.1, 0.15) is 58.6 Å². The van der Waals surface area contributed by atoms with Gasteiger partial charge < -0.3 is 9.47 Å². The Morgan fingerprint density at radius 1 is 1.23 bits per heavy atom. The Morgan fingerprint density at radius 3 is 2.37 bits per heavy atom. The molecule has 1 heterocycles. The lowest BCUT2D eigenvalue weighted by Crippen LogP contribution is -2.61. The standard InChI is InChI=1S/C24H42N2O3Si/c1-9-21(23(27)29-24(2,3)4)22(19-14-11-10-12-15-19)26(30(6,7)8)25-17-13-16-20(25)18-28-5/h10-12,14-15,20-22H,9,13,16-18H2,1-8H3/t20-,21-,22-/m0/s1. The van der Waals surface area contributed by atoms with Gasteiger partial charge in [-0.3, -0.25) is 9.47 Å². The molecule has 0 amide bonds. The molecule has 1 aliphatic rings. The van der Waals surface area contributed by atoms with Crippen LogP contribution >= 0.6 is 0 Å². The number of esters is 1. The largest absolute Gasteiger partial charge is 0.460 e. The van der Waals surface area contributed by atoms with Gasteiger partial charge in [-0.25, -0.2) is 5.01 Å². The Bertz CT molecular complexity index is 669. The number of methoxy groups -OCH3 is 1. The molecule has 0 bridgehead atoms. The van der Waals surface area contributed by atoms with Gasteiger partial charge in [0.1, 0.15) is 13.8 Å². The fraction of sp³-hybridized carbons (Fsp3) is 0.708. The van der Waals surface area contributed by atoms with Crippen LogP contribution in [-0.4, -0.2) is 55.8 Å². The second kappa shape index (κ2) is 10.4. The quantitative estimate of drug-likeness (QED) is 0.392. The van der Waals surface area contributed by atoms with Crippen LogP contribution in [0, 0.1) is 5.92 Å². The predicted octanol–water partition coefficient (Wildman–Crippen LogP) is 5.26. The average molecular weight is 435 g/mol. The first kappa shape index (κ1) is 25.1. The zero-order chi connectivity index (χ0) is 22.5. The van der Waals surface area contributed by atoms with E-state index in [0.29, 0.717) is 12.6 Å². The van der Waals surface area contributed by atoms with E-state index in [2.05, 4.69) is 60.5 Å². The summed E-state index contributed by atoms with van der Waals surface area (Å²) in [6, 6.07) is 10.8. The van der Waals surface area contributed by atoms with Gasteiger partial charge in [-0.05, 0) is 45.6 Å². The topological polar surface area (TPSA) is 42.0 Å². The first-order valence-corrected chi connectivity index (χ1v) is 14.8. The number of rotatable bonds is 9. The summed E-state index contributed by atoms with van der Waals surface area (Å²) in [6.45, 7) is 16.8. The number of carbonyl (C=O) groups excluding carboxylic acids is 1. The first-order chi connectivity index (χ1) is 14.0. The fourth-order valence-electron chi connectivity index (χ4n) is 4.52. The van der Waals surface area contributed by atoms with Crippen molar-refractivity contribution >= 4 is 14.2 Å². The van der Waals surface area contributed by atoms with Crippen LogP contribution in [-0.2, 0) is 14.3 Å². The minimum absolute atomic E-state index is 0.0461. The van der Waals surface area contributed by atoms with Gasteiger partial charge in [0.15, 0.2) is 0 Å². The molecule has 2 rings (SSSR count). The highest BCUT2D eigenvalue weighted by Gasteiger charge is 2.45. The van der Waals surface area contributed by atoms with Crippen LogP contribution in [0.2, 0.25) is 19.6 Å². The highest BCUT2D eigenvalue weighted by Crippen LogP contribution is 2.39. The summed E-state index contributed by atoms with van der Waals surface area (Å²) < 4.78 is 14.0. The molecule has 0 spiro atoms. The zero-order valence-electron chi connectivity index (χ0n) is 20.3. The lowest BCUT2D eigenvalue weighted by Gasteiger charge is -2.50. The van der Waals surface area contributed by atoms with Crippen molar-refractivity contribution in [1.82, 2.24) is 9.68 Å². The van der Waals surface area contributed by atoms with E-state index >= 15 is 0 Å². The summed E-state index contributed by atoms with van der Waals surface area (Å²) in [7, 11) is -0.0786. The van der Waals surface area contributed by atoms with Crippen molar-refractivity contribution < 1.29 is 14.3 Å². The van der Waals surface area contributed by atoms with E-state index in [1.165, 1.54) is 5.56 Å². The van der Waals surface area contributed by atoms with Crippen LogP contribution in [0.4, 0.5) is 0 Å². The number of hydrogen-bond acceptors (Lipinski definition) is 5. The van der Waals surface area contributed by atoms with Crippen LogP contribution in [0.15, 0.2) is 30.3 Å². The van der Waals surface area contributed by atoms with Gasteiger partial charge in [0.2, 0.25) is 0 Å². The third-order valence-corrected chi connectivity index (χ3v) is 7.51. The van der Waals surface area contributed by atoms with Crippen molar-refractivity contribution in [1.29, 1.82) is 0 Å². The van der Waals surface area contributed by atoms with E-state index in [0.717, 1.165) is 25.8 Å². The third kappa shape index (κ3) is 6.39. The summed E-state index contributed by atoms with van der Waals surface area (Å²) in [6.07, 6.45) is 3.01. The summed E-state index contributed by atoms with van der Waals surface area (Å²) in [5.74, 6) is -0.341. The number of ether oxygens (including phenoxy) is 2. The van der Waals surface area contributed by atoms with E-state index in [1.807, 2.05) is 26.8 Å². The van der Waals surface area contributed by atoms with E-state index in [4.69, 9.17) is 9.47 Å². The molecule has 1 aliphatic heterocycles. The van der Waals surface area contributed by atoms with E-state index < -0.39 is 13.8 Å². The molecule has 0 aromatic heterocycles. The molecule has 3 atom stereocenters. The molecular weight excluding hydrogens is 392 g/mol. The van der Waals surface area contributed by atoms with E-state index in [-0.39, 0.29) is 17.9 Å². The number of nitrogens with zero attached hydrogens (tertiary/aromatic N) is 2. The van der Waals surface area contributed by atoms with E-state index in [1.54, 1.807) is 7.11 Å². The molecule has 0 saturated carbocycles. The smallest absolute Gasteiger partial charge is 0.311 e. The highest BCUT2D eigenvalue weighted by molar-refractivity contribution is 6.73. The highest BCUT2D eigenvalue weighted by atomic mass is 28.3. The average Bonchev–Trinajstić information content (AvgIpc) is 3.07. The first-order valence-electron chi connectivity index (χ1n) is 11.3. The molecular formula is C24H42N2O3Si. The maximum atomic E-state index is 13.4. The molecule has 1 aromatic rings. The fourth-order valence-corrected chi connectivity index (χ4v) is 6.72. The molecule has 6 heteroatoms. The van der Waals surface area contributed by atoms with Crippen molar-refractivity contribution in [2.24, 2.45) is 5.92 Å². The molecule has 1 saturated heterocycles.